The van der Waals surface area contributed by atoms with Crippen molar-refractivity contribution in [1.82, 2.24) is 20.4 Å². The number of nitrogens with one attached hydrogen (secondary N) is 3. The normalized spacial score (nSPS) is 11.7. The van der Waals surface area contributed by atoms with Gasteiger partial charge in [-0.1, -0.05) is 36.4 Å². The summed E-state index contributed by atoms with van der Waals surface area (Å²) in [6, 6.07) is 21.4. The van der Waals surface area contributed by atoms with Crippen molar-refractivity contribution in [3.63, 3.8) is 0 Å². The molecule has 4 aromatic rings. The van der Waals surface area contributed by atoms with E-state index in [9.17, 15) is 22.8 Å². The lowest BCUT2D eigenvalue weighted by molar-refractivity contribution is -0.137. The molecule has 0 aliphatic rings. The number of aryl methyl sites for hydroxylation is 1. The first-order valence-electron chi connectivity index (χ1n) is 13.1. The number of nitrogens with zero attached hydrogens (tertiary/aromatic N) is 2. The Balaban J connectivity index is 1.62. The number of rotatable bonds is 7. The van der Waals surface area contributed by atoms with Crippen LogP contribution in [0.3, 0.4) is 0 Å². The number of alkyl halides is 3. The highest BCUT2D eigenvalue weighted by atomic mass is 19.4. The van der Waals surface area contributed by atoms with Crippen molar-refractivity contribution in [2.24, 2.45) is 0 Å². The second-order valence-corrected chi connectivity index (χ2v) is 10.6. The first-order valence-corrected chi connectivity index (χ1v) is 13.1. The fourth-order valence-corrected chi connectivity index (χ4v) is 4.20. The molecule has 4 rings (SSSR count). The van der Waals surface area contributed by atoms with Crippen molar-refractivity contribution in [1.29, 1.82) is 0 Å². The van der Waals surface area contributed by atoms with Gasteiger partial charge in [-0.3, -0.25) is 4.79 Å². The Hall–Kier alpha value is -4.60. The molecule has 0 aliphatic carbocycles. The second-order valence-electron chi connectivity index (χ2n) is 10.6. The molecule has 1 heterocycles. The summed E-state index contributed by atoms with van der Waals surface area (Å²) in [6.07, 6.45) is -3.66. The van der Waals surface area contributed by atoms with Crippen LogP contribution in [-0.2, 0) is 17.4 Å². The Kier molecular flexibility index (Phi) is 8.51. The zero-order valence-electron chi connectivity index (χ0n) is 23.3. The second kappa shape index (κ2) is 11.9. The average Bonchev–Trinajstić information content (AvgIpc) is 3.35. The maximum atomic E-state index is 12.9. The van der Waals surface area contributed by atoms with E-state index in [2.05, 4.69) is 16.0 Å². The zero-order chi connectivity index (χ0) is 29.8. The fourth-order valence-electron chi connectivity index (χ4n) is 4.20. The van der Waals surface area contributed by atoms with Gasteiger partial charge in [0.15, 0.2) is 0 Å². The maximum absolute atomic E-state index is 12.9. The molecule has 0 aliphatic heterocycles. The number of amides is 3. The van der Waals surface area contributed by atoms with E-state index in [4.69, 9.17) is 5.10 Å². The van der Waals surface area contributed by atoms with Gasteiger partial charge in [0, 0.05) is 36.7 Å². The van der Waals surface area contributed by atoms with E-state index in [1.165, 1.54) is 12.1 Å². The molecule has 0 saturated carbocycles. The summed E-state index contributed by atoms with van der Waals surface area (Å²) >= 11 is 0. The third kappa shape index (κ3) is 7.75. The topological polar surface area (TPSA) is 88.0 Å². The molecule has 0 fully saturated rings. The van der Waals surface area contributed by atoms with Crippen LogP contribution >= 0.6 is 0 Å². The largest absolute Gasteiger partial charge is 0.416 e. The van der Waals surface area contributed by atoms with Gasteiger partial charge in [-0.25, -0.2) is 9.48 Å². The summed E-state index contributed by atoms with van der Waals surface area (Å²) in [7, 11) is 1.59. The van der Waals surface area contributed by atoms with Gasteiger partial charge in [0.2, 0.25) is 5.91 Å². The predicted molar refractivity (Wildman–Crippen MR) is 154 cm³/mol. The van der Waals surface area contributed by atoms with Crippen LogP contribution in [0.4, 0.5) is 23.7 Å². The first kappa shape index (κ1) is 29.4. The van der Waals surface area contributed by atoms with Crippen molar-refractivity contribution in [2.75, 3.05) is 12.4 Å². The minimum absolute atomic E-state index is 0.0917. The van der Waals surface area contributed by atoms with Crippen LogP contribution in [0.25, 0.3) is 28.1 Å². The average molecular weight is 564 g/mol. The summed E-state index contributed by atoms with van der Waals surface area (Å²) in [4.78, 5) is 24.1. The fraction of sp³-hybridized carbons (Fsp3) is 0.258. The summed E-state index contributed by atoms with van der Waals surface area (Å²) in [6.45, 7) is 5.69. The van der Waals surface area contributed by atoms with Gasteiger partial charge in [-0.15, -0.1) is 0 Å². The van der Waals surface area contributed by atoms with Gasteiger partial charge in [0.1, 0.15) is 0 Å². The van der Waals surface area contributed by atoms with Gasteiger partial charge < -0.3 is 16.0 Å². The Morgan fingerprint density at radius 2 is 1.39 bits per heavy atom. The Bertz CT molecular complexity index is 1500. The lowest BCUT2D eigenvalue weighted by Gasteiger charge is -2.20. The van der Waals surface area contributed by atoms with Crippen molar-refractivity contribution >= 4 is 17.6 Å². The smallest absolute Gasteiger partial charge is 0.359 e. The molecule has 1 aromatic heterocycles. The maximum Gasteiger partial charge on any atom is 0.416 e. The van der Waals surface area contributed by atoms with Crippen LogP contribution in [0.1, 0.15) is 38.4 Å². The Morgan fingerprint density at radius 3 is 1.93 bits per heavy atom. The minimum atomic E-state index is -4.39. The van der Waals surface area contributed by atoms with Gasteiger partial charge in [-0.05, 0) is 74.4 Å². The Morgan fingerprint density at radius 1 is 0.829 bits per heavy atom. The monoisotopic (exact) mass is 563 g/mol. The standard InChI is InChI=1S/C31H32F3N5O2/c1-30(2,3)37-29(41)36-24-13-16-26(17-14-24)39-27(19-25(38-39)15-18-28(40)35-4)22-7-5-20(6-8-22)21-9-11-23(12-10-21)31(32,33)34/h5-14,16-17,19H,15,18H2,1-4H3,(H,35,40)(H2,36,37,41). The SMILES string of the molecule is CNC(=O)CCc1cc(-c2ccc(-c3ccc(C(F)(F)F)cc3)cc2)n(-c2ccc(NC(=O)NC(C)(C)C)cc2)n1. The van der Waals surface area contributed by atoms with E-state index >= 15 is 0 Å². The molecule has 10 heteroatoms. The lowest BCUT2D eigenvalue weighted by atomic mass is 10.0. The van der Waals surface area contributed by atoms with E-state index in [0.29, 0.717) is 17.7 Å². The number of aromatic nitrogens is 2. The van der Waals surface area contributed by atoms with Gasteiger partial charge >= 0.3 is 12.2 Å². The molecule has 0 unspecified atom stereocenters. The van der Waals surface area contributed by atoms with Crippen LogP contribution < -0.4 is 16.0 Å². The molecule has 7 nitrogen and oxygen atoms in total. The highest BCUT2D eigenvalue weighted by molar-refractivity contribution is 5.89. The van der Waals surface area contributed by atoms with E-state index in [1.807, 2.05) is 63.2 Å². The van der Waals surface area contributed by atoms with E-state index in [1.54, 1.807) is 23.9 Å². The molecule has 3 amide bonds. The Labute approximate surface area is 236 Å². The molecule has 0 spiro atoms. The van der Waals surface area contributed by atoms with Crippen LogP contribution in [0.5, 0.6) is 0 Å². The first-order chi connectivity index (χ1) is 19.3. The van der Waals surface area contributed by atoms with Crippen molar-refractivity contribution in [2.45, 2.75) is 45.3 Å². The van der Waals surface area contributed by atoms with Crippen LogP contribution in [-0.4, -0.2) is 34.3 Å². The van der Waals surface area contributed by atoms with Gasteiger partial charge in [-0.2, -0.15) is 18.3 Å². The molecule has 0 radical (unpaired) electrons. The summed E-state index contributed by atoms with van der Waals surface area (Å²) in [5.74, 6) is -0.0917. The summed E-state index contributed by atoms with van der Waals surface area (Å²) < 4.78 is 40.6. The minimum Gasteiger partial charge on any atom is -0.359 e. The number of anilines is 1. The van der Waals surface area contributed by atoms with Crippen molar-refractivity contribution in [3.8, 4) is 28.1 Å². The van der Waals surface area contributed by atoms with Gasteiger partial charge in [0.25, 0.3) is 0 Å². The predicted octanol–water partition coefficient (Wildman–Crippen LogP) is 6.82. The molecule has 214 valence electrons. The number of benzene rings is 3. The number of carbonyl (C=O) groups excluding carboxylic acids is 2. The summed E-state index contributed by atoms with van der Waals surface area (Å²) in [5.41, 5.74) is 4.09. The molecule has 0 saturated heterocycles. The zero-order valence-corrected chi connectivity index (χ0v) is 23.3. The molecule has 0 atom stereocenters. The highest BCUT2D eigenvalue weighted by Gasteiger charge is 2.30. The molecular formula is C31H32F3N5O2. The van der Waals surface area contributed by atoms with Crippen LogP contribution in [0.2, 0.25) is 0 Å². The third-order valence-electron chi connectivity index (χ3n) is 6.23. The number of hydrogen-bond donors (Lipinski definition) is 3. The van der Waals surface area contributed by atoms with Crippen LogP contribution in [0.15, 0.2) is 78.9 Å². The molecular weight excluding hydrogens is 531 g/mol. The van der Waals surface area contributed by atoms with Crippen molar-refractivity contribution < 1.29 is 22.8 Å². The van der Waals surface area contributed by atoms with Crippen LogP contribution in [0, 0.1) is 0 Å². The molecule has 0 bridgehead atoms. The number of urea groups is 1. The summed E-state index contributed by atoms with van der Waals surface area (Å²) in [5, 5.41) is 13.0. The molecule has 3 N–H and O–H groups in total. The number of carbonyl (C=O) groups is 2. The number of halogens is 3. The third-order valence-corrected chi connectivity index (χ3v) is 6.23. The molecule has 3 aromatic carbocycles. The highest BCUT2D eigenvalue weighted by Crippen LogP contribution is 2.32. The lowest BCUT2D eigenvalue weighted by Crippen LogP contribution is -2.43. The molecule has 41 heavy (non-hydrogen) atoms. The van der Waals surface area contributed by atoms with E-state index in [0.717, 1.165) is 40.3 Å². The number of hydrogen-bond acceptors (Lipinski definition) is 3. The van der Waals surface area contributed by atoms with Gasteiger partial charge in [0.05, 0.1) is 22.6 Å². The van der Waals surface area contributed by atoms with Crippen molar-refractivity contribution in [3.05, 3.63) is 90.1 Å². The van der Waals surface area contributed by atoms with E-state index in [-0.39, 0.29) is 23.9 Å². The quantitative estimate of drug-likeness (QED) is 0.231. The van der Waals surface area contributed by atoms with E-state index < -0.39 is 11.7 Å².